The number of carboxylic acid groups (broad SMARTS) is 1. The average molecular weight is 345 g/mol. The summed E-state index contributed by atoms with van der Waals surface area (Å²) in [7, 11) is 0. The number of benzene rings is 1. The van der Waals surface area contributed by atoms with E-state index < -0.39 is 5.97 Å². The van der Waals surface area contributed by atoms with Crippen molar-refractivity contribution >= 4 is 11.9 Å². The fourth-order valence-corrected chi connectivity index (χ4v) is 2.78. The van der Waals surface area contributed by atoms with Gasteiger partial charge >= 0.3 is 5.97 Å². The maximum Gasteiger partial charge on any atom is 0.339 e. The van der Waals surface area contributed by atoms with Crippen LogP contribution in [-0.2, 0) is 13.0 Å². The van der Waals surface area contributed by atoms with Crippen LogP contribution in [-0.4, -0.2) is 28.4 Å². The minimum Gasteiger partial charge on any atom is -0.478 e. The summed E-state index contributed by atoms with van der Waals surface area (Å²) < 4.78 is 18.6. The Balaban J connectivity index is 1.83. The topological polar surface area (TPSA) is 70.8 Å². The zero-order valence-corrected chi connectivity index (χ0v) is 14.0. The predicted octanol–water partition coefficient (Wildman–Crippen LogP) is 3.73. The van der Waals surface area contributed by atoms with Gasteiger partial charge in [-0.25, -0.2) is 9.18 Å². The average Bonchev–Trinajstić information content (AvgIpc) is 3.30. The van der Waals surface area contributed by atoms with Crippen LogP contribution in [0.5, 0.6) is 0 Å². The lowest BCUT2D eigenvalue weighted by atomic mass is 10.2. The van der Waals surface area contributed by atoms with E-state index in [0.717, 1.165) is 18.4 Å². The fourth-order valence-electron chi connectivity index (χ4n) is 2.78. The summed E-state index contributed by atoms with van der Waals surface area (Å²) in [6.45, 7) is 2.70. The van der Waals surface area contributed by atoms with E-state index in [4.69, 9.17) is 4.42 Å². The predicted molar refractivity (Wildman–Crippen MR) is 88.9 cm³/mol. The van der Waals surface area contributed by atoms with Gasteiger partial charge in [-0.05, 0) is 36.5 Å². The van der Waals surface area contributed by atoms with E-state index in [-0.39, 0.29) is 23.0 Å². The third-order valence-corrected chi connectivity index (χ3v) is 4.32. The number of nitrogens with zero attached hydrogens (tertiary/aromatic N) is 1. The van der Waals surface area contributed by atoms with Crippen LogP contribution < -0.4 is 0 Å². The largest absolute Gasteiger partial charge is 0.478 e. The lowest BCUT2D eigenvalue weighted by molar-refractivity contribution is 0.0687. The molecule has 1 fully saturated rings. The highest BCUT2D eigenvalue weighted by Crippen LogP contribution is 2.31. The summed E-state index contributed by atoms with van der Waals surface area (Å²) in [5.74, 6) is -0.969. The highest BCUT2D eigenvalue weighted by Gasteiger charge is 2.30. The summed E-state index contributed by atoms with van der Waals surface area (Å²) in [4.78, 5) is 25.8. The molecule has 0 saturated heterocycles. The van der Waals surface area contributed by atoms with Crippen LogP contribution in [0.4, 0.5) is 4.39 Å². The molecule has 6 heteroatoms. The first-order chi connectivity index (χ1) is 12.0. The number of hydrogen-bond donors (Lipinski definition) is 1. The van der Waals surface area contributed by atoms with Gasteiger partial charge in [0.15, 0.2) is 5.76 Å². The Hall–Kier alpha value is -2.63. The summed E-state index contributed by atoms with van der Waals surface area (Å²) in [5, 5.41) is 9.23. The Morgan fingerprint density at radius 3 is 2.48 bits per heavy atom. The molecule has 1 amide bonds. The molecular formula is C19H20FNO4. The molecule has 1 aromatic carbocycles. The van der Waals surface area contributed by atoms with Crippen molar-refractivity contribution < 1.29 is 23.5 Å². The highest BCUT2D eigenvalue weighted by molar-refractivity contribution is 5.96. The van der Waals surface area contributed by atoms with Crippen molar-refractivity contribution in [2.75, 3.05) is 6.54 Å². The van der Waals surface area contributed by atoms with Crippen LogP contribution in [0.15, 0.2) is 34.7 Å². The Labute approximate surface area is 145 Å². The monoisotopic (exact) mass is 345 g/mol. The van der Waals surface area contributed by atoms with Gasteiger partial charge in [0.2, 0.25) is 0 Å². The molecule has 3 rings (SSSR count). The van der Waals surface area contributed by atoms with Crippen molar-refractivity contribution in [2.24, 2.45) is 5.92 Å². The molecule has 132 valence electrons. The molecule has 2 aromatic rings. The molecule has 0 spiro atoms. The molecular weight excluding hydrogens is 325 g/mol. The molecule has 1 saturated carbocycles. The molecule has 1 heterocycles. The van der Waals surface area contributed by atoms with Crippen molar-refractivity contribution in [1.82, 2.24) is 4.90 Å². The van der Waals surface area contributed by atoms with Crippen LogP contribution in [0, 0.1) is 11.7 Å². The molecule has 0 radical (unpaired) electrons. The second kappa shape index (κ2) is 7.09. The molecule has 0 unspecified atom stereocenters. The Bertz CT molecular complexity index is 777. The minimum atomic E-state index is -1.10. The smallest absolute Gasteiger partial charge is 0.339 e. The van der Waals surface area contributed by atoms with Crippen molar-refractivity contribution in [3.63, 3.8) is 0 Å². The van der Waals surface area contributed by atoms with Crippen molar-refractivity contribution in [3.05, 3.63) is 58.8 Å². The van der Waals surface area contributed by atoms with E-state index in [1.54, 1.807) is 24.0 Å². The highest BCUT2D eigenvalue weighted by atomic mass is 19.1. The van der Waals surface area contributed by atoms with Gasteiger partial charge in [-0.3, -0.25) is 4.79 Å². The number of furan rings is 1. The lowest BCUT2D eigenvalue weighted by Crippen LogP contribution is -2.32. The molecule has 5 nitrogen and oxygen atoms in total. The van der Waals surface area contributed by atoms with E-state index >= 15 is 0 Å². The number of hydrogen-bond acceptors (Lipinski definition) is 3. The van der Waals surface area contributed by atoms with Crippen LogP contribution >= 0.6 is 0 Å². The third-order valence-electron chi connectivity index (χ3n) is 4.32. The van der Waals surface area contributed by atoms with Crippen LogP contribution in [0.2, 0.25) is 0 Å². The molecule has 0 aliphatic heterocycles. The standard InChI is InChI=1S/C19H20FNO4/c1-2-16-15(19(23)24)9-17(25-16)18(22)21(10-12-3-4-12)11-13-5-7-14(20)8-6-13/h5-9,12H,2-4,10-11H2,1H3,(H,23,24). The quantitative estimate of drug-likeness (QED) is 0.830. The van der Waals surface area contributed by atoms with Gasteiger partial charge in [0.1, 0.15) is 17.1 Å². The number of rotatable bonds is 7. The number of amides is 1. The van der Waals surface area contributed by atoms with Crippen molar-refractivity contribution in [2.45, 2.75) is 32.7 Å². The molecule has 1 aromatic heterocycles. The summed E-state index contributed by atoms with van der Waals surface area (Å²) in [6, 6.07) is 7.31. The van der Waals surface area contributed by atoms with E-state index in [9.17, 15) is 19.1 Å². The zero-order chi connectivity index (χ0) is 18.0. The van der Waals surface area contributed by atoms with Gasteiger partial charge in [-0.1, -0.05) is 19.1 Å². The van der Waals surface area contributed by atoms with Crippen LogP contribution in [0.1, 0.15) is 52.0 Å². The van der Waals surface area contributed by atoms with E-state index in [0.29, 0.717) is 31.2 Å². The zero-order valence-electron chi connectivity index (χ0n) is 14.0. The number of carboxylic acids is 1. The van der Waals surface area contributed by atoms with Gasteiger partial charge in [-0.15, -0.1) is 0 Å². The lowest BCUT2D eigenvalue weighted by Gasteiger charge is -2.21. The number of aryl methyl sites for hydroxylation is 1. The third kappa shape index (κ3) is 4.07. The Morgan fingerprint density at radius 2 is 1.96 bits per heavy atom. The summed E-state index contributed by atoms with van der Waals surface area (Å²) in [5.41, 5.74) is 0.843. The fraction of sp³-hybridized carbons (Fsp3) is 0.368. The molecule has 0 atom stereocenters. The number of carbonyl (C=O) groups is 2. The first-order valence-corrected chi connectivity index (χ1v) is 8.37. The van der Waals surface area contributed by atoms with Crippen LogP contribution in [0.3, 0.4) is 0 Å². The maximum atomic E-state index is 13.1. The maximum absolute atomic E-state index is 13.1. The number of halogens is 1. The molecule has 25 heavy (non-hydrogen) atoms. The van der Waals surface area contributed by atoms with E-state index in [1.807, 2.05) is 0 Å². The van der Waals surface area contributed by atoms with Gasteiger partial charge in [0.05, 0.1) is 0 Å². The Morgan fingerprint density at radius 1 is 1.28 bits per heavy atom. The van der Waals surface area contributed by atoms with E-state index in [2.05, 4.69) is 0 Å². The summed E-state index contributed by atoms with van der Waals surface area (Å²) >= 11 is 0. The second-order valence-electron chi connectivity index (χ2n) is 6.36. The molecule has 1 N–H and O–H groups in total. The molecule has 1 aliphatic rings. The minimum absolute atomic E-state index is 0.0269. The molecule has 0 bridgehead atoms. The normalized spacial score (nSPS) is 13.7. The van der Waals surface area contributed by atoms with Gasteiger partial charge in [0.25, 0.3) is 5.91 Å². The van der Waals surface area contributed by atoms with E-state index in [1.165, 1.54) is 18.2 Å². The van der Waals surface area contributed by atoms with Crippen molar-refractivity contribution in [3.8, 4) is 0 Å². The second-order valence-corrected chi connectivity index (χ2v) is 6.36. The number of aromatic carboxylic acids is 1. The van der Waals surface area contributed by atoms with Gasteiger partial charge < -0.3 is 14.4 Å². The van der Waals surface area contributed by atoms with Gasteiger partial charge in [-0.2, -0.15) is 0 Å². The first-order valence-electron chi connectivity index (χ1n) is 8.37. The SMILES string of the molecule is CCc1oc(C(=O)N(Cc2ccc(F)cc2)CC2CC2)cc1C(=O)O. The van der Waals surface area contributed by atoms with Crippen LogP contribution in [0.25, 0.3) is 0 Å². The summed E-state index contributed by atoms with van der Waals surface area (Å²) in [6.07, 6.45) is 2.55. The Kier molecular flexibility index (Phi) is 4.88. The first kappa shape index (κ1) is 17.2. The molecule has 1 aliphatic carbocycles. The van der Waals surface area contributed by atoms with Gasteiger partial charge in [0, 0.05) is 25.6 Å². The van der Waals surface area contributed by atoms with Crippen molar-refractivity contribution in [1.29, 1.82) is 0 Å². The number of carbonyl (C=O) groups excluding carboxylic acids is 1.